The third-order valence-electron chi connectivity index (χ3n) is 7.56. The number of benzene rings is 1. The van der Waals surface area contributed by atoms with E-state index in [1.165, 1.54) is 6.20 Å². The second-order valence-corrected chi connectivity index (χ2v) is 10.7. The van der Waals surface area contributed by atoms with Gasteiger partial charge >= 0.3 is 0 Å². The summed E-state index contributed by atoms with van der Waals surface area (Å²) in [5.74, 6) is -2.25. The first-order valence-corrected chi connectivity index (χ1v) is 13.1. The molecule has 208 valence electrons. The van der Waals surface area contributed by atoms with Gasteiger partial charge in [0, 0.05) is 29.2 Å². The highest BCUT2D eigenvalue weighted by Gasteiger charge is 2.45. The number of nitrogens with zero attached hydrogens (tertiary/aromatic N) is 6. The van der Waals surface area contributed by atoms with Crippen LogP contribution in [0.15, 0.2) is 59.5 Å². The fourth-order valence-corrected chi connectivity index (χ4v) is 5.02. The van der Waals surface area contributed by atoms with E-state index < -0.39 is 12.1 Å². The average Bonchev–Trinajstić information content (AvgIpc) is 3.30. The Bertz CT molecular complexity index is 1820. The molecule has 7 rings (SSSR count). The van der Waals surface area contributed by atoms with Crippen LogP contribution in [0.5, 0.6) is 0 Å². The van der Waals surface area contributed by atoms with E-state index in [2.05, 4.69) is 25.5 Å². The van der Waals surface area contributed by atoms with Gasteiger partial charge in [0.25, 0.3) is 11.8 Å². The first-order chi connectivity index (χ1) is 19.6. The number of aryl methyl sites for hydroxylation is 2. The molecule has 1 N–H and O–H groups in total. The smallest absolute Gasteiger partial charge is 0.282 e. The first kappa shape index (κ1) is 25.2. The molecule has 9 nitrogen and oxygen atoms in total. The fourth-order valence-electron chi connectivity index (χ4n) is 5.02. The van der Waals surface area contributed by atoms with E-state index >= 15 is 0 Å². The molecule has 1 aromatic carbocycles. The standard InChI is InChI=1S/C29H24F3N7O2/c1-15-3-4-18(26-36-28(41-37-26)19-10-22(19)30)8-23(15)35-27(40)21-12-34-39-6-5-17(9-24(21)39)20-11-33-25(7-16(20)2)38-13-29(31,32)14-38/h3-9,11-12,19,22H,10,13-14H2,1-2H3,(H,35,40)/t19-,22-/m0/s1. The number of halogens is 3. The Morgan fingerprint density at radius 3 is 2.61 bits per heavy atom. The SMILES string of the molecule is Cc1ccc(-c2noc([C@H]3C[C@@H]3F)n2)cc1NC(=O)c1cnn2ccc(-c3cnc(N4CC(F)(F)C4)cc3C)cc12. The zero-order chi connectivity index (χ0) is 28.5. The van der Waals surface area contributed by atoms with Crippen molar-refractivity contribution in [3.8, 4) is 22.5 Å². The number of alkyl halides is 3. The van der Waals surface area contributed by atoms with Crippen LogP contribution >= 0.6 is 0 Å². The maximum Gasteiger partial charge on any atom is 0.282 e. The summed E-state index contributed by atoms with van der Waals surface area (Å²) < 4.78 is 46.8. The van der Waals surface area contributed by atoms with Crippen molar-refractivity contribution in [3.05, 3.63) is 77.6 Å². The average molecular weight is 560 g/mol. The summed E-state index contributed by atoms with van der Waals surface area (Å²) in [5, 5.41) is 11.3. The summed E-state index contributed by atoms with van der Waals surface area (Å²) in [6.45, 7) is 3.10. The molecule has 0 spiro atoms. The first-order valence-electron chi connectivity index (χ1n) is 13.1. The molecule has 1 amide bonds. The molecule has 12 heteroatoms. The molecule has 2 fully saturated rings. The Hall–Kier alpha value is -4.74. The molecule has 41 heavy (non-hydrogen) atoms. The van der Waals surface area contributed by atoms with E-state index in [-0.39, 0.29) is 30.8 Å². The minimum atomic E-state index is -2.68. The van der Waals surface area contributed by atoms with Gasteiger partial charge in [0.15, 0.2) is 0 Å². The number of fused-ring (bicyclic) bond motifs is 1. The summed E-state index contributed by atoms with van der Waals surface area (Å²) in [5.41, 5.74) is 5.50. The lowest BCUT2D eigenvalue weighted by Crippen LogP contribution is -2.56. The Kier molecular flexibility index (Phi) is 5.63. The van der Waals surface area contributed by atoms with Crippen molar-refractivity contribution in [1.82, 2.24) is 24.7 Å². The van der Waals surface area contributed by atoms with E-state index in [1.54, 1.807) is 33.9 Å². The summed E-state index contributed by atoms with van der Waals surface area (Å²) in [7, 11) is 0. The molecule has 2 aliphatic rings. The molecule has 1 saturated heterocycles. The lowest BCUT2D eigenvalue weighted by atomic mass is 10.0. The highest BCUT2D eigenvalue weighted by molar-refractivity contribution is 6.09. The molecule has 1 saturated carbocycles. The largest absolute Gasteiger partial charge is 0.344 e. The Morgan fingerprint density at radius 2 is 1.88 bits per heavy atom. The second kappa shape index (κ2) is 9.15. The van der Waals surface area contributed by atoms with Crippen molar-refractivity contribution in [3.63, 3.8) is 0 Å². The van der Waals surface area contributed by atoms with Crippen LogP contribution in [0.1, 0.15) is 39.7 Å². The summed E-state index contributed by atoms with van der Waals surface area (Å²) >= 11 is 0. The normalized spacial score (nSPS) is 19.3. The number of hydrogen-bond acceptors (Lipinski definition) is 7. The molecular formula is C29H24F3N7O2. The minimum absolute atomic E-state index is 0.281. The van der Waals surface area contributed by atoms with Crippen LogP contribution in [0.4, 0.5) is 24.7 Å². The fraction of sp³-hybridized carbons (Fsp3) is 0.276. The Balaban J connectivity index is 1.14. The molecule has 1 aliphatic heterocycles. The number of rotatable bonds is 6. The maximum atomic E-state index is 13.4. The van der Waals surface area contributed by atoms with Crippen molar-refractivity contribution in [2.45, 2.75) is 38.3 Å². The lowest BCUT2D eigenvalue weighted by molar-refractivity contribution is -0.0267. The number of nitrogens with one attached hydrogen (secondary N) is 1. The number of hydrogen-bond donors (Lipinski definition) is 1. The van der Waals surface area contributed by atoms with Crippen LogP contribution in [0, 0.1) is 13.8 Å². The van der Waals surface area contributed by atoms with Gasteiger partial charge in [-0.3, -0.25) is 4.79 Å². The van der Waals surface area contributed by atoms with Crippen LogP contribution in [0.3, 0.4) is 0 Å². The summed E-state index contributed by atoms with van der Waals surface area (Å²) in [4.78, 5) is 23.7. The quantitative estimate of drug-likeness (QED) is 0.289. The van der Waals surface area contributed by atoms with E-state index in [4.69, 9.17) is 4.52 Å². The Labute approximate surface area is 232 Å². The zero-order valence-corrected chi connectivity index (χ0v) is 22.1. The molecule has 5 aromatic rings. The number of carbonyl (C=O) groups is 1. The van der Waals surface area contributed by atoms with Gasteiger partial charge in [0.2, 0.25) is 11.7 Å². The predicted octanol–water partition coefficient (Wildman–Crippen LogP) is 5.60. The zero-order valence-electron chi connectivity index (χ0n) is 22.1. The van der Waals surface area contributed by atoms with Crippen LogP contribution in [0.25, 0.3) is 28.0 Å². The Morgan fingerprint density at radius 1 is 1.07 bits per heavy atom. The predicted molar refractivity (Wildman–Crippen MR) is 145 cm³/mol. The van der Waals surface area contributed by atoms with Crippen molar-refractivity contribution in [2.24, 2.45) is 0 Å². The second-order valence-electron chi connectivity index (χ2n) is 10.7. The highest BCUT2D eigenvalue weighted by Crippen LogP contribution is 2.43. The third kappa shape index (κ3) is 4.58. The molecule has 0 radical (unpaired) electrons. The number of anilines is 2. The van der Waals surface area contributed by atoms with Gasteiger partial charge in [-0.05, 0) is 61.2 Å². The molecule has 4 aromatic heterocycles. The van der Waals surface area contributed by atoms with Crippen molar-refractivity contribution in [2.75, 3.05) is 23.3 Å². The minimum Gasteiger partial charge on any atom is -0.344 e. The number of aromatic nitrogens is 5. The molecular weight excluding hydrogens is 535 g/mol. The lowest BCUT2D eigenvalue weighted by Gasteiger charge is -2.39. The van der Waals surface area contributed by atoms with E-state index in [9.17, 15) is 18.0 Å². The van der Waals surface area contributed by atoms with Crippen LogP contribution in [-0.2, 0) is 0 Å². The molecule has 0 bridgehead atoms. The van der Waals surface area contributed by atoms with E-state index in [0.717, 1.165) is 22.3 Å². The monoisotopic (exact) mass is 559 g/mol. The molecule has 0 unspecified atom stereocenters. The van der Waals surface area contributed by atoms with E-state index in [1.807, 2.05) is 38.1 Å². The van der Waals surface area contributed by atoms with Gasteiger partial charge in [-0.15, -0.1) is 0 Å². The van der Waals surface area contributed by atoms with Gasteiger partial charge < -0.3 is 14.7 Å². The van der Waals surface area contributed by atoms with Crippen LogP contribution in [-0.4, -0.2) is 55.8 Å². The van der Waals surface area contributed by atoms with Gasteiger partial charge in [-0.25, -0.2) is 22.7 Å². The van der Waals surface area contributed by atoms with Crippen molar-refractivity contribution < 1.29 is 22.5 Å². The summed E-state index contributed by atoms with van der Waals surface area (Å²) in [6, 6.07) is 10.9. The molecule has 2 atom stereocenters. The maximum absolute atomic E-state index is 13.4. The highest BCUT2D eigenvalue weighted by atomic mass is 19.3. The molecule has 5 heterocycles. The third-order valence-corrected chi connectivity index (χ3v) is 7.56. The van der Waals surface area contributed by atoms with Gasteiger partial charge in [0.1, 0.15) is 12.0 Å². The molecule has 1 aliphatic carbocycles. The van der Waals surface area contributed by atoms with Crippen LogP contribution in [0.2, 0.25) is 0 Å². The number of carbonyl (C=O) groups excluding carboxylic acids is 1. The van der Waals surface area contributed by atoms with Gasteiger partial charge in [0.05, 0.1) is 36.3 Å². The number of amides is 1. The van der Waals surface area contributed by atoms with Crippen LogP contribution < -0.4 is 10.2 Å². The van der Waals surface area contributed by atoms with E-state index in [0.29, 0.717) is 40.4 Å². The van der Waals surface area contributed by atoms with Gasteiger partial charge in [-0.2, -0.15) is 10.1 Å². The van der Waals surface area contributed by atoms with Crippen molar-refractivity contribution >= 4 is 22.9 Å². The van der Waals surface area contributed by atoms with Crippen molar-refractivity contribution in [1.29, 1.82) is 0 Å². The van der Waals surface area contributed by atoms with Gasteiger partial charge in [-0.1, -0.05) is 17.3 Å². The summed E-state index contributed by atoms with van der Waals surface area (Å²) in [6.07, 6.45) is 4.37. The number of pyridine rings is 2. The topological polar surface area (TPSA) is 101 Å².